The predicted octanol–water partition coefficient (Wildman–Crippen LogP) is 2.24. The molecule has 1 aromatic heterocycles. The van der Waals surface area contributed by atoms with Gasteiger partial charge in [0.15, 0.2) is 0 Å². The molecular formula is C24H35N5O2. The predicted molar refractivity (Wildman–Crippen MR) is 118 cm³/mol. The van der Waals surface area contributed by atoms with Gasteiger partial charge in [0.2, 0.25) is 11.8 Å². The lowest BCUT2D eigenvalue weighted by Gasteiger charge is -2.55. The molecule has 7 nitrogen and oxygen atoms in total. The third kappa shape index (κ3) is 4.16. The molecule has 31 heavy (non-hydrogen) atoms. The first-order chi connectivity index (χ1) is 15.1. The van der Waals surface area contributed by atoms with Gasteiger partial charge < -0.3 is 14.8 Å². The Morgan fingerprint density at radius 2 is 2.06 bits per heavy atom. The fraction of sp³-hybridized carbons (Fsp3) is 0.708. The van der Waals surface area contributed by atoms with E-state index in [0.29, 0.717) is 18.9 Å². The van der Waals surface area contributed by atoms with Gasteiger partial charge in [0.1, 0.15) is 11.9 Å². The van der Waals surface area contributed by atoms with Gasteiger partial charge in [-0.05, 0) is 50.9 Å². The van der Waals surface area contributed by atoms with Crippen LogP contribution in [0, 0.1) is 11.8 Å². The van der Waals surface area contributed by atoms with E-state index >= 15 is 0 Å². The van der Waals surface area contributed by atoms with Crippen LogP contribution in [-0.4, -0.2) is 62.9 Å². The SMILES string of the molecule is Cn1ccnc1CN1C[C@@H]2C[C@H](C1)[C@H](C(=O)NCC1=CCCCC1)N1C(=O)CCC[C@@H]21. The molecule has 3 saturated heterocycles. The maximum Gasteiger partial charge on any atom is 0.243 e. The minimum absolute atomic E-state index is 0.0500. The van der Waals surface area contributed by atoms with Gasteiger partial charge in [0.25, 0.3) is 0 Å². The van der Waals surface area contributed by atoms with Crippen LogP contribution >= 0.6 is 0 Å². The Bertz CT molecular complexity index is 862. The number of rotatable bonds is 5. The third-order valence-corrected chi connectivity index (χ3v) is 7.85. The number of nitrogens with one attached hydrogen (secondary N) is 1. The number of fused-ring (bicyclic) bond motifs is 4. The van der Waals surface area contributed by atoms with Crippen LogP contribution in [0.2, 0.25) is 0 Å². The number of amides is 2. The molecule has 7 heteroatoms. The van der Waals surface area contributed by atoms with E-state index in [1.54, 1.807) is 0 Å². The van der Waals surface area contributed by atoms with Gasteiger partial charge in [0, 0.05) is 57.5 Å². The first-order valence-electron chi connectivity index (χ1n) is 12.1. The van der Waals surface area contributed by atoms with Gasteiger partial charge in [-0.25, -0.2) is 4.98 Å². The summed E-state index contributed by atoms with van der Waals surface area (Å²) >= 11 is 0. The van der Waals surface area contributed by atoms with Crippen molar-refractivity contribution in [3.63, 3.8) is 0 Å². The quantitative estimate of drug-likeness (QED) is 0.735. The van der Waals surface area contributed by atoms with Gasteiger partial charge in [0.05, 0.1) is 6.54 Å². The van der Waals surface area contributed by atoms with Crippen LogP contribution in [0.15, 0.2) is 24.0 Å². The summed E-state index contributed by atoms with van der Waals surface area (Å²) in [5.74, 6) is 1.93. The van der Waals surface area contributed by atoms with Crippen molar-refractivity contribution >= 4 is 11.8 Å². The molecule has 1 aliphatic carbocycles. The zero-order valence-corrected chi connectivity index (χ0v) is 18.6. The first kappa shape index (κ1) is 20.7. The lowest BCUT2D eigenvalue weighted by Crippen LogP contribution is -2.68. The van der Waals surface area contributed by atoms with Crippen LogP contribution in [0.25, 0.3) is 0 Å². The second-order valence-corrected chi connectivity index (χ2v) is 9.94. The molecule has 0 unspecified atom stereocenters. The fourth-order valence-corrected chi connectivity index (χ4v) is 6.34. The van der Waals surface area contributed by atoms with Gasteiger partial charge in [-0.15, -0.1) is 0 Å². The normalized spacial score (nSPS) is 31.2. The lowest BCUT2D eigenvalue weighted by atomic mass is 9.71. The minimum atomic E-state index is -0.331. The molecule has 4 aliphatic rings. The van der Waals surface area contributed by atoms with E-state index in [-0.39, 0.29) is 29.8 Å². The molecular weight excluding hydrogens is 390 g/mol. The number of allylic oxidation sites excluding steroid dienone is 1. The highest BCUT2D eigenvalue weighted by molar-refractivity contribution is 5.89. The van der Waals surface area contributed by atoms with Crippen LogP contribution < -0.4 is 5.32 Å². The number of hydrogen-bond donors (Lipinski definition) is 1. The second kappa shape index (κ2) is 8.77. The molecule has 0 spiro atoms. The van der Waals surface area contributed by atoms with Crippen molar-refractivity contribution in [2.24, 2.45) is 18.9 Å². The monoisotopic (exact) mass is 425 g/mol. The number of aryl methyl sites for hydroxylation is 1. The summed E-state index contributed by atoms with van der Waals surface area (Å²) in [5, 5.41) is 3.21. The van der Waals surface area contributed by atoms with E-state index in [1.807, 2.05) is 24.3 Å². The topological polar surface area (TPSA) is 70.5 Å². The summed E-state index contributed by atoms with van der Waals surface area (Å²) in [6.07, 6.45) is 14.4. The summed E-state index contributed by atoms with van der Waals surface area (Å²) in [5.41, 5.74) is 1.34. The summed E-state index contributed by atoms with van der Waals surface area (Å²) in [7, 11) is 2.03. The molecule has 3 aliphatic heterocycles. The molecule has 2 bridgehead atoms. The Labute approximate surface area is 184 Å². The number of hydrogen-bond acceptors (Lipinski definition) is 4. The highest BCUT2D eigenvalue weighted by atomic mass is 16.2. The van der Waals surface area contributed by atoms with Crippen LogP contribution in [0.5, 0.6) is 0 Å². The molecule has 5 rings (SSSR count). The van der Waals surface area contributed by atoms with Crippen molar-refractivity contribution in [3.05, 3.63) is 29.9 Å². The van der Waals surface area contributed by atoms with Crippen molar-refractivity contribution in [2.75, 3.05) is 19.6 Å². The Morgan fingerprint density at radius 3 is 2.84 bits per heavy atom. The molecule has 4 atom stereocenters. The van der Waals surface area contributed by atoms with Crippen LogP contribution in [-0.2, 0) is 23.2 Å². The van der Waals surface area contributed by atoms with Crippen molar-refractivity contribution in [1.82, 2.24) is 24.7 Å². The number of carbonyl (C=O) groups excluding carboxylic acids is 2. The van der Waals surface area contributed by atoms with Crippen molar-refractivity contribution < 1.29 is 9.59 Å². The molecule has 0 radical (unpaired) electrons. The van der Waals surface area contributed by atoms with Gasteiger partial charge in [-0.1, -0.05) is 11.6 Å². The molecule has 2 amide bonds. The standard InChI is InChI=1S/C24H35N5O2/c1-27-11-10-25-21(27)16-28-14-18-12-19(15-28)23(29-20(18)8-5-9-22(29)30)24(31)26-13-17-6-3-2-4-7-17/h6,10-11,18-20,23H,2-5,7-9,12-16H2,1H3,(H,26,31)/t18-,19+,20-,23+/m0/s1. The molecule has 1 N–H and O–H groups in total. The Kier molecular flexibility index (Phi) is 5.87. The van der Waals surface area contributed by atoms with E-state index in [4.69, 9.17) is 0 Å². The number of carbonyl (C=O) groups is 2. The molecule has 168 valence electrons. The number of nitrogens with zero attached hydrogens (tertiary/aromatic N) is 4. The number of imidazole rings is 1. The Hall–Kier alpha value is -2.15. The van der Waals surface area contributed by atoms with Crippen LogP contribution in [0.3, 0.4) is 0 Å². The summed E-state index contributed by atoms with van der Waals surface area (Å²) in [6.45, 7) is 3.27. The zero-order valence-electron chi connectivity index (χ0n) is 18.6. The van der Waals surface area contributed by atoms with Crippen molar-refractivity contribution in [3.8, 4) is 0 Å². The van der Waals surface area contributed by atoms with Crippen LogP contribution in [0.4, 0.5) is 0 Å². The molecule has 3 fully saturated rings. The summed E-state index contributed by atoms with van der Waals surface area (Å²) in [6, 6.07) is -0.131. The average molecular weight is 426 g/mol. The van der Waals surface area contributed by atoms with E-state index in [1.165, 1.54) is 18.4 Å². The first-order valence-corrected chi connectivity index (χ1v) is 12.1. The fourth-order valence-electron chi connectivity index (χ4n) is 6.34. The number of piperidine rings is 3. The van der Waals surface area contributed by atoms with Crippen molar-refractivity contribution in [1.29, 1.82) is 0 Å². The Morgan fingerprint density at radius 1 is 1.19 bits per heavy atom. The summed E-state index contributed by atoms with van der Waals surface area (Å²) in [4.78, 5) is 35.4. The van der Waals surface area contributed by atoms with Crippen molar-refractivity contribution in [2.45, 2.75) is 70.0 Å². The third-order valence-electron chi connectivity index (χ3n) is 7.85. The van der Waals surface area contributed by atoms with Gasteiger partial charge in [-0.3, -0.25) is 14.5 Å². The molecule has 1 aromatic rings. The maximum atomic E-state index is 13.5. The highest BCUT2D eigenvalue weighted by Gasteiger charge is 2.51. The molecule has 4 heterocycles. The van der Waals surface area contributed by atoms with E-state index < -0.39 is 0 Å². The summed E-state index contributed by atoms with van der Waals surface area (Å²) < 4.78 is 2.07. The maximum absolute atomic E-state index is 13.5. The smallest absolute Gasteiger partial charge is 0.243 e. The Balaban J connectivity index is 1.34. The van der Waals surface area contributed by atoms with Gasteiger partial charge >= 0.3 is 0 Å². The van der Waals surface area contributed by atoms with Gasteiger partial charge in [-0.2, -0.15) is 0 Å². The lowest BCUT2D eigenvalue weighted by molar-refractivity contribution is -0.160. The average Bonchev–Trinajstić information content (AvgIpc) is 3.18. The largest absolute Gasteiger partial charge is 0.351 e. The second-order valence-electron chi connectivity index (χ2n) is 9.94. The number of likely N-dealkylation sites (tertiary alicyclic amines) is 1. The van der Waals surface area contributed by atoms with E-state index in [0.717, 1.165) is 57.6 Å². The zero-order chi connectivity index (χ0) is 21.4. The highest BCUT2D eigenvalue weighted by Crippen LogP contribution is 2.42. The number of aromatic nitrogens is 2. The molecule has 0 aromatic carbocycles. The minimum Gasteiger partial charge on any atom is -0.351 e. The molecule has 0 saturated carbocycles. The van der Waals surface area contributed by atoms with E-state index in [2.05, 4.69) is 25.8 Å². The van der Waals surface area contributed by atoms with E-state index in [9.17, 15) is 9.59 Å². The van der Waals surface area contributed by atoms with Crippen LogP contribution in [0.1, 0.15) is 57.2 Å².